The molecule has 2 aromatic heterocycles. The van der Waals surface area contributed by atoms with Crippen LogP contribution >= 0.6 is 11.3 Å². The molecule has 0 unspecified atom stereocenters. The molecule has 6 heteroatoms. The third-order valence-electron chi connectivity index (χ3n) is 2.86. The Bertz CT molecular complexity index is 755. The number of thiazole rings is 1. The van der Waals surface area contributed by atoms with E-state index in [-0.39, 0.29) is 5.91 Å². The van der Waals surface area contributed by atoms with E-state index in [1.54, 1.807) is 19.3 Å². The highest BCUT2D eigenvalue weighted by atomic mass is 32.1. The van der Waals surface area contributed by atoms with Gasteiger partial charge >= 0.3 is 0 Å². The lowest BCUT2D eigenvalue weighted by molar-refractivity contribution is 0.102. The summed E-state index contributed by atoms with van der Waals surface area (Å²) >= 11 is 1.37. The number of nitrogens with one attached hydrogen (secondary N) is 2. The Morgan fingerprint density at radius 1 is 1.30 bits per heavy atom. The molecule has 0 bridgehead atoms. The van der Waals surface area contributed by atoms with Gasteiger partial charge in [-0.1, -0.05) is 24.3 Å². The zero-order chi connectivity index (χ0) is 13.9. The zero-order valence-corrected chi connectivity index (χ0v) is 11.6. The second kappa shape index (κ2) is 5.26. The number of fused-ring (bicyclic) bond motifs is 1. The van der Waals surface area contributed by atoms with Crippen molar-refractivity contribution in [2.75, 3.05) is 17.7 Å². The van der Waals surface area contributed by atoms with E-state index in [0.29, 0.717) is 16.6 Å². The number of aromatic nitrogens is 2. The second-order valence-corrected chi connectivity index (χ2v) is 5.01. The van der Waals surface area contributed by atoms with Crippen molar-refractivity contribution in [3.05, 3.63) is 47.6 Å². The maximum Gasteiger partial charge on any atom is 0.276 e. The maximum absolute atomic E-state index is 12.2. The fraction of sp³-hybridized carbons (Fsp3) is 0.0714. The van der Waals surface area contributed by atoms with Crippen LogP contribution in [0.3, 0.4) is 0 Å². The average Bonchev–Trinajstić information content (AvgIpc) is 2.99. The van der Waals surface area contributed by atoms with Crippen LogP contribution < -0.4 is 10.6 Å². The van der Waals surface area contributed by atoms with Gasteiger partial charge in [-0.05, 0) is 11.5 Å². The summed E-state index contributed by atoms with van der Waals surface area (Å²) < 4.78 is 0. The van der Waals surface area contributed by atoms with E-state index in [1.165, 1.54) is 11.3 Å². The van der Waals surface area contributed by atoms with E-state index in [4.69, 9.17) is 0 Å². The summed E-state index contributed by atoms with van der Waals surface area (Å²) in [6.07, 6.45) is 1.65. The van der Waals surface area contributed by atoms with Crippen molar-refractivity contribution in [2.24, 2.45) is 0 Å². The van der Waals surface area contributed by atoms with Crippen molar-refractivity contribution in [1.82, 2.24) is 9.97 Å². The first-order valence-corrected chi connectivity index (χ1v) is 6.94. The van der Waals surface area contributed by atoms with E-state index in [1.807, 2.05) is 29.6 Å². The van der Waals surface area contributed by atoms with Gasteiger partial charge in [0.2, 0.25) is 0 Å². The Morgan fingerprint density at radius 3 is 2.90 bits per heavy atom. The Labute approximate surface area is 119 Å². The Hall–Kier alpha value is -2.47. The molecule has 5 nitrogen and oxygen atoms in total. The van der Waals surface area contributed by atoms with Gasteiger partial charge in [0, 0.05) is 24.0 Å². The summed E-state index contributed by atoms with van der Waals surface area (Å²) in [7, 11) is 1.79. The second-order valence-electron chi connectivity index (χ2n) is 4.12. The summed E-state index contributed by atoms with van der Waals surface area (Å²) in [5.74, 6) is 0.426. The van der Waals surface area contributed by atoms with Gasteiger partial charge in [-0.15, -0.1) is 11.3 Å². The fourth-order valence-corrected chi connectivity index (χ4v) is 2.48. The number of carbonyl (C=O) groups is 1. The third kappa shape index (κ3) is 2.33. The van der Waals surface area contributed by atoms with Crippen molar-refractivity contribution >= 4 is 39.0 Å². The smallest absolute Gasteiger partial charge is 0.276 e. The van der Waals surface area contributed by atoms with E-state index < -0.39 is 0 Å². The van der Waals surface area contributed by atoms with Gasteiger partial charge in [0.25, 0.3) is 5.91 Å². The van der Waals surface area contributed by atoms with Gasteiger partial charge in [-0.2, -0.15) is 0 Å². The standard InChI is InChI=1S/C14H12N4OS/c1-15-12-10-5-3-2-4-9(10)8-11(17-12)13(19)18-14-16-6-7-20-14/h2-8H,1H3,(H,15,17)(H,16,18,19). The number of nitrogens with zero attached hydrogens (tertiary/aromatic N) is 2. The molecular formula is C14H12N4OS. The van der Waals surface area contributed by atoms with Crippen molar-refractivity contribution < 1.29 is 4.79 Å². The molecule has 20 heavy (non-hydrogen) atoms. The lowest BCUT2D eigenvalue weighted by atomic mass is 10.1. The first kappa shape index (κ1) is 12.6. The average molecular weight is 284 g/mol. The van der Waals surface area contributed by atoms with Crippen LogP contribution in [-0.4, -0.2) is 22.9 Å². The number of pyridine rings is 1. The molecule has 2 heterocycles. The molecule has 3 aromatic rings. The maximum atomic E-state index is 12.2. The number of hydrogen-bond acceptors (Lipinski definition) is 5. The number of anilines is 2. The first-order valence-electron chi connectivity index (χ1n) is 6.06. The summed E-state index contributed by atoms with van der Waals surface area (Å²) in [5, 5.41) is 10.1. The fourth-order valence-electron chi connectivity index (χ4n) is 1.95. The molecule has 3 rings (SSSR count). The highest BCUT2D eigenvalue weighted by molar-refractivity contribution is 7.13. The van der Waals surface area contributed by atoms with Gasteiger partial charge in [0.05, 0.1) is 0 Å². The van der Waals surface area contributed by atoms with Crippen LogP contribution in [0, 0.1) is 0 Å². The van der Waals surface area contributed by atoms with Crippen LogP contribution in [0.5, 0.6) is 0 Å². The summed E-state index contributed by atoms with van der Waals surface area (Å²) in [6.45, 7) is 0. The minimum Gasteiger partial charge on any atom is -0.373 e. The normalized spacial score (nSPS) is 10.4. The summed E-state index contributed by atoms with van der Waals surface area (Å²) in [6, 6.07) is 9.58. The Balaban J connectivity index is 2.01. The van der Waals surface area contributed by atoms with E-state index in [9.17, 15) is 4.79 Å². The molecule has 0 aliphatic rings. The molecule has 0 aliphatic heterocycles. The molecule has 100 valence electrons. The summed E-state index contributed by atoms with van der Waals surface area (Å²) in [4.78, 5) is 20.6. The first-order chi connectivity index (χ1) is 9.78. The predicted octanol–water partition coefficient (Wildman–Crippen LogP) is 2.99. The lowest BCUT2D eigenvalue weighted by Gasteiger charge is -2.08. The quantitative estimate of drug-likeness (QED) is 0.776. The number of amides is 1. The van der Waals surface area contributed by atoms with Crippen LogP contribution in [0.2, 0.25) is 0 Å². The molecular weight excluding hydrogens is 272 g/mol. The SMILES string of the molecule is CNc1nc(C(=O)Nc2nccs2)cc2ccccc12. The lowest BCUT2D eigenvalue weighted by Crippen LogP contribution is -2.14. The largest absolute Gasteiger partial charge is 0.373 e. The summed E-state index contributed by atoms with van der Waals surface area (Å²) in [5.41, 5.74) is 0.364. The van der Waals surface area contributed by atoms with Crippen LogP contribution in [0.4, 0.5) is 10.9 Å². The van der Waals surface area contributed by atoms with E-state index in [2.05, 4.69) is 20.6 Å². The molecule has 1 amide bonds. The molecule has 0 aliphatic carbocycles. The molecule has 0 saturated carbocycles. The molecule has 0 saturated heterocycles. The molecule has 0 fully saturated rings. The van der Waals surface area contributed by atoms with Crippen LogP contribution in [0.15, 0.2) is 41.9 Å². The number of carbonyl (C=O) groups excluding carboxylic acids is 1. The van der Waals surface area contributed by atoms with Gasteiger partial charge < -0.3 is 5.32 Å². The molecule has 0 radical (unpaired) electrons. The predicted molar refractivity (Wildman–Crippen MR) is 81.4 cm³/mol. The number of benzene rings is 1. The van der Waals surface area contributed by atoms with Crippen LogP contribution in [0.1, 0.15) is 10.5 Å². The van der Waals surface area contributed by atoms with Crippen LogP contribution in [-0.2, 0) is 0 Å². The van der Waals surface area contributed by atoms with Gasteiger partial charge in [-0.25, -0.2) is 9.97 Å². The van der Waals surface area contributed by atoms with Crippen LogP contribution in [0.25, 0.3) is 10.8 Å². The third-order valence-corrected chi connectivity index (χ3v) is 3.55. The minimum atomic E-state index is -0.262. The van der Waals surface area contributed by atoms with Gasteiger partial charge in [-0.3, -0.25) is 10.1 Å². The van der Waals surface area contributed by atoms with Crippen molar-refractivity contribution in [3.63, 3.8) is 0 Å². The van der Waals surface area contributed by atoms with Gasteiger partial charge in [0.15, 0.2) is 5.13 Å². The van der Waals surface area contributed by atoms with E-state index in [0.717, 1.165) is 10.8 Å². The highest BCUT2D eigenvalue weighted by Crippen LogP contribution is 2.22. The highest BCUT2D eigenvalue weighted by Gasteiger charge is 2.12. The van der Waals surface area contributed by atoms with E-state index >= 15 is 0 Å². The monoisotopic (exact) mass is 284 g/mol. The minimum absolute atomic E-state index is 0.262. The molecule has 0 spiro atoms. The molecule has 1 aromatic carbocycles. The number of hydrogen-bond donors (Lipinski definition) is 2. The number of rotatable bonds is 3. The molecule has 2 N–H and O–H groups in total. The van der Waals surface area contributed by atoms with Gasteiger partial charge in [0.1, 0.15) is 11.5 Å². The Kier molecular flexibility index (Phi) is 3.30. The Morgan fingerprint density at radius 2 is 2.15 bits per heavy atom. The topological polar surface area (TPSA) is 66.9 Å². The van der Waals surface area contributed by atoms with Crippen molar-refractivity contribution in [3.8, 4) is 0 Å². The molecule has 0 atom stereocenters. The van der Waals surface area contributed by atoms with Crippen molar-refractivity contribution in [2.45, 2.75) is 0 Å². The van der Waals surface area contributed by atoms with Crippen molar-refractivity contribution in [1.29, 1.82) is 0 Å². The zero-order valence-electron chi connectivity index (χ0n) is 10.8.